The van der Waals surface area contributed by atoms with Gasteiger partial charge in [-0.3, -0.25) is 4.79 Å². The molecule has 0 spiro atoms. The fourth-order valence-corrected chi connectivity index (χ4v) is 4.29. The first kappa shape index (κ1) is 22.7. The van der Waals surface area contributed by atoms with Crippen LogP contribution in [0.2, 0.25) is 0 Å². The molecule has 3 aromatic rings. The van der Waals surface area contributed by atoms with Crippen LogP contribution in [-0.4, -0.2) is 30.8 Å². The summed E-state index contributed by atoms with van der Waals surface area (Å²) in [5, 5.41) is 2.92. The van der Waals surface area contributed by atoms with Gasteiger partial charge in [0.1, 0.15) is 5.82 Å². The van der Waals surface area contributed by atoms with Crippen molar-refractivity contribution < 1.29 is 13.2 Å². The average molecular weight is 441 g/mol. The fourth-order valence-electron chi connectivity index (χ4n) is 3.17. The summed E-state index contributed by atoms with van der Waals surface area (Å²) < 4.78 is 27.4. The minimum atomic E-state index is -3.66. The second kappa shape index (κ2) is 9.89. The smallest absolute Gasteiger partial charge is 0.240 e. The maximum atomic E-state index is 12.5. The van der Waals surface area contributed by atoms with Gasteiger partial charge in [-0.05, 0) is 49.1 Å². The lowest BCUT2D eigenvalue weighted by molar-refractivity contribution is -0.121. The third kappa shape index (κ3) is 5.80. The van der Waals surface area contributed by atoms with Gasteiger partial charge in [-0.1, -0.05) is 43.3 Å². The van der Waals surface area contributed by atoms with E-state index in [0.717, 1.165) is 22.4 Å². The number of amides is 1. The monoisotopic (exact) mass is 440 g/mol. The molecule has 0 aliphatic rings. The molecular formula is C23H28N4O3S. The third-order valence-electron chi connectivity index (χ3n) is 5.19. The van der Waals surface area contributed by atoms with E-state index in [2.05, 4.69) is 20.0 Å². The van der Waals surface area contributed by atoms with E-state index in [1.54, 1.807) is 24.4 Å². The highest BCUT2D eigenvalue weighted by Crippen LogP contribution is 2.20. The molecule has 2 aromatic carbocycles. The van der Waals surface area contributed by atoms with Crippen molar-refractivity contribution >= 4 is 15.9 Å². The van der Waals surface area contributed by atoms with Crippen molar-refractivity contribution in [3.8, 4) is 11.3 Å². The highest BCUT2D eigenvalue weighted by Gasteiger charge is 2.18. The number of benzene rings is 2. The Labute approximate surface area is 183 Å². The van der Waals surface area contributed by atoms with Crippen LogP contribution in [0.15, 0.2) is 59.6 Å². The minimum absolute atomic E-state index is 0.0188. The van der Waals surface area contributed by atoms with Gasteiger partial charge < -0.3 is 10.3 Å². The normalized spacial score (nSPS) is 12.5. The van der Waals surface area contributed by atoms with Crippen LogP contribution >= 0.6 is 0 Å². The Balaban J connectivity index is 1.56. The molecule has 0 bridgehead atoms. The van der Waals surface area contributed by atoms with E-state index in [4.69, 9.17) is 0 Å². The summed E-state index contributed by atoms with van der Waals surface area (Å²) in [6.07, 6.45) is 2.44. The Morgan fingerprint density at radius 3 is 2.52 bits per heavy atom. The van der Waals surface area contributed by atoms with Gasteiger partial charge in [-0.25, -0.2) is 18.1 Å². The molecule has 0 aliphatic heterocycles. The van der Waals surface area contributed by atoms with Crippen molar-refractivity contribution in [2.24, 2.45) is 0 Å². The Kier molecular flexibility index (Phi) is 7.25. The molecule has 1 unspecified atom stereocenters. The standard InChI is InChI=1S/C23H28N4O3S/c1-4-20(23-24-15-21(27-23)18-8-6-5-7-9-18)26-22(28)12-13-25-31(29,30)19-11-10-16(2)17(3)14-19/h5-11,14-15,20,25H,4,12-13H2,1-3H3,(H,24,27)(H,26,28). The number of H-pyrrole nitrogens is 1. The highest BCUT2D eigenvalue weighted by atomic mass is 32.2. The fraction of sp³-hybridized carbons (Fsp3) is 0.304. The number of hydrogen-bond acceptors (Lipinski definition) is 4. The Morgan fingerprint density at radius 2 is 1.84 bits per heavy atom. The molecule has 1 amide bonds. The van der Waals surface area contributed by atoms with Crippen molar-refractivity contribution in [3.63, 3.8) is 0 Å². The van der Waals surface area contributed by atoms with Crippen LogP contribution < -0.4 is 10.0 Å². The lowest BCUT2D eigenvalue weighted by atomic mass is 10.1. The number of nitrogens with one attached hydrogen (secondary N) is 3. The molecule has 1 atom stereocenters. The number of carbonyl (C=O) groups is 1. The van der Waals surface area contributed by atoms with Gasteiger partial charge >= 0.3 is 0 Å². The van der Waals surface area contributed by atoms with Crippen molar-refractivity contribution in [2.75, 3.05) is 6.54 Å². The first-order valence-corrected chi connectivity index (χ1v) is 11.7. The van der Waals surface area contributed by atoms with Gasteiger partial charge in [-0.15, -0.1) is 0 Å². The molecule has 1 heterocycles. The molecule has 8 heteroatoms. The second-order valence-electron chi connectivity index (χ2n) is 7.47. The van der Waals surface area contributed by atoms with Gasteiger partial charge in [0.25, 0.3) is 0 Å². The molecule has 3 rings (SSSR count). The van der Waals surface area contributed by atoms with E-state index in [1.165, 1.54) is 0 Å². The number of rotatable bonds is 9. The van der Waals surface area contributed by atoms with Crippen LogP contribution in [0.4, 0.5) is 0 Å². The predicted molar refractivity (Wildman–Crippen MR) is 121 cm³/mol. The van der Waals surface area contributed by atoms with Gasteiger partial charge in [0, 0.05) is 13.0 Å². The summed E-state index contributed by atoms with van der Waals surface area (Å²) >= 11 is 0. The van der Waals surface area contributed by atoms with E-state index in [9.17, 15) is 13.2 Å². The summed E-state index contributed by atoms with van der Waals surface area (Å²) in [6, 6.07) is 14.5. The summed E-state index contributed by atoms with van der Waals surface area (Å²) in [5.74, 6) is 0.428. The van der Waals surface area contributed by atoms with E-state index in [-0.39, 0.29) is 29.8 Å². The zero-order chi connectivity index (χ0) is 22.4. The number of aromatic nitrogens is 2. The van der Waals surface area contributed by atoms with E-state index >= 15 is 0 Å². The van der Waals surface area contributed by atoms with Crippen LogP contribution in [0.1, 0.15) is 42.8 Å². The molecule has 0 radical (unpaired) electrons. The molecule has 164 valence electrons. The first-order valence-electron chi connectivity index (χ1n) is 10.3. The van der Waals surface area contributed by atoms with Crippen molar-refractivity contribution in [3.05, 3.63) is 71.7 Å². The Morgan fingerprint density at radius 1 is 1.10 bits per heavy atom. The number of sulfonamides is 1. The van der Waals surface area contributed by atoms with E-state index in [1.807, 2.05) is 51.1 Å². The lowest BCUT2D eigenvalue weighted by Crippen LogP contribution is -2.33. The van der Waals surface area contributed by atoms with Crippen molar-refractivity contribution in [2.45, 2.75) is 44.6 Å². The Hall–Kier alpha value is -2.97. The average Bonchev–Trinajstić information content (AvgIpc) is 3.24. The number of aryl methyl sites for hydroxylation is 2. The number of hydrogen-bond donors (Lipinski definition) is 3. The van der Waals surface area contributed by atoms with Gasteiger partial charge in [-0.2, -0.15) is 0 Å². The summed E-state index contributed by atoms with van der Waals surface area (Å²) in [4.78, 5) is 20.3. The van der Waals surface area contributed by atoms with E-state index in [0.29, 0.717) is 12.2 Å². The third-order valence-corrected chi connectivity index (χ3v) is 6.65. The molecule has 31 heavy (non-hydrogen) atoms. The SMILES string of the molecule is CCC(NC(=O)CCNS(=O)(=O)c1ccc(C)c(C)c1)c1ncc(-c2ccccc2)[nH]1. The molecule has 0 aliphatic carbocycles. The zero-order valence-corrected chi connectivity index (χ0v) is 18.8. The maximum Gasteiger partial charge on any atom is 0.240 e. The summed E-state index contributed by atoms with van der Waals surface area (Å²) in [7, 11) is -3.66. The van der Waals surface area contributed by atoms with Crippen LogP contribution in [0.3, 0.4) is 0 Å². The number of nitrogens with zero attached hydrogens (tertiary/aromatic N) is 1. The second-order valence-corrected chi connectivity index (χ2v) is 9.24. The molecular weight excluding hydrogens is 412 g/mol. The van der Waals surface area contributed by atoms with Crippen LogP contribution in [0.25, 0.3) is 11.3 Å². The number of carbonyl (C=O) groups excluding carboxylic acids is 1. The maximum absolute atomic E-state index is 12.5. The highest BCUT2D eigenvalue weighted by molar-refractivity contribution is 7.89. The van der Waals surface area contributed by atoms with Crippen LogP contribution in [0.5, 0.6) is 0 Å². The molecule has 7 nitrogen and oxygen atoms in total. The van der Waals surface area contributed by atoms with E-state index < -0.39 is 10.0 Å². The first-order chi connectivity index (χ1) is 14.8. The molecule has 3 N–H and O–H groups in total. The van der Waals surface area contributed by atoms with Gasteiger partial charge in [0.05, 0.1) is 22.8 Å². The zero-order valence-electron chi connectivity index (χ0n) is 18.0. The molecule has 0 saturated carbocycles. The molecule has 1 aromatic heterocycles. The van der Waals surface area contributed by atoms with Crippen LogP contribution in [-0.2, 0) is 14.8 Å². The van der Waals surface area contributed by atoms with Crippen molar-refractivity contribution in [1.29, 1.82) is 0 Å². The largest absolute Gasteiger partial charge is 0.346 e. The quantitative estimate of drug-likeness (QED) is 0.473. The topological polar surface area (TPSA) is 104 Å². The van der Waals surface area contributed by atoms with Gasteiger partial charge in [0.2, 0.25) is 15.9 Å². The number of imidazole rings is 1. The summed E-state index contributed by atoms with van der Waals surface area (Å²) in [5.41, 5.74) is 3.82. The predicted octanol–water partition coefficient (Wildman–Crippen LogP) is 3.63. The van der Waals surface area contributed by atoms with Crippen molar-refractivity contribution in [1.82, 2.24) is 20.0 Å². The minimum Gasteiger partial charge on any atom is -0.346 e. The lowest BCUT2D eigenvalue weighted by Gasteiger charge is -2.15. The Bertz CT molecular complexity index is 1140. The van der Waals surface area contributed by atoms with Gasteiger partial charge in [0.15, 0.2) is 0 Å². The molecule has 0 fully saturated rings. The number of aromatic amines is 1. The van der Waals surface area contributed by atoms with Crippen LogP contribution in [0, 0.1) is 13.8 Å². The molecule has 0 saturated heterocycles. The summed E-state index contributed by atoms with van der Waals surface area (Å²) in [6.45, 7) is 5.77.